The molecule has 1 rings (SSSR count). The molecule has 1 aliphatic rings. The lowest BCUT2D eigenvalue weighted by Gasteiger charge is -2.02. The van der Waals surface area contributed by atoms with Crippen LogP contribution in [0.2, 0.25) is 0 Å². The van der Waals surface area contributed by atoms with Crippen LogP contribution < -0.4 is 0 Å². The fraction of sp³-hybridized carbons (Fsp3) is 0.818. The summed E-state index contributed by atoms with van der Waals surface area (Å²) in [7, 11) is 0. The van der Waals surface area contributed by atoms with Crippen LogP contribution in [-0.4, -0.2) is 22.9 Å². The Morgan fingerprint density at radius 1 is 1.62 bits per heavy atom. The summed E-state index contributed by atoms with van der Waals surface area (Å²) in [5.74, 6) is 0. The van der Waals surface area contributed by atoms with E-state index in [1.807, 2.05) is 6.08 Å². The van der Waals surface area contributed by atoms with E-state index in [0.717, 1.165) is 12.8 Å². The second-order valence-electron chi connectivity index (χ2n) is 4.50. The molecule has 2 unspecified atom stereocenters. The first-order chi connectivity index (χ1) is 5.92. The lowest BCUT2D eigenvalue weighted by atomic mass is 10.0. The standard InChI is InChI=1S/C11H20O2/c1-8(7-9(2)12)5-6-10-11(3,4)13-10/h7,9-10,12H,5-6H2,1-4H3/b8-7+. The van der Waals surface area contributed by atoms with Gasteiger partial charge in [-0.15, -0.1) is 0 Å². The van der Waals surface area contributed by atoms with Crippen LogP contribution in [0.25, 0.3) is 0 Å². The molecule has 0 aliphatic carbocycles. The summed E-state index contributed by atoms with van der Waals surface area (Å²) in [4.78, 5) is 0. The van der Waals surface area contributed by atoms with Crippen molar-refractivity contribution in [3.05, 3.63) is 11.6 Å². The Kier molecular flexibility index (Phi) is 3.14. The van der Waals surface area contributed by atoms with Gasteiger partial charge in [-0.2, -0.15) is 0 Å². The highest BCUT2D eigenvalue weighted by atomic mass is 16.6. The Bertz CT molecular complexity index is 204. The second-order valence-corrected chi connectivity index (χ2v) is 4.50. The van der Waals surface area contributed by atoms with Gasteiger partial charge in [0, 0.05) is 0 Å². The summed E-state index contributed by atoms with van der Waals surface area (Å²) < 4.78 is 5.47. The summed E-state index contributed by atoms with van der Waals surface area (Å²) in [5, 5.41) is 9.10. The third-order valence-corrected chi connectivity index (χ3v) is 2.49. The summed E-state index contributed by atoms with van der Waals surface area (Å²) in [6.07, 6.45) is 4.09. The Labute approximate surface area is 80.6 Å². The number of ether oxygens (including phenoxy) is 1. The van der Waals surface area contributed by atoms with E-state index in [0.29, 0.717) is 6.10 Å². The Hall–Kier alpha value is -0.340. The smallest absolute Gasteiger partial charge is 0.0892 e. The molecule has 1 aliphatic heterocycles. The lowest BCUT2D eigenvalue weighted by Crippen LogP contribution is -2.03. The predicted octanol–water partition coefficient (Wildman–Crippen LogP) is 2.27. The first-order valence-corrected chi connectivity index (χ1v) is 4.95. The molecule has 0 spiro atoms. The Balaban J connectivity index is 2.20. The van der Waals surface area contributed by atoms with Crippen molar-refractivity contribution >= 4 is 0 Å². The van der Waals surface area contributed by atoms with Gasteiger partial charge in [-0.3, -0.25) is 0 Å². The first-order valence-electron chi connectivity index (χ1n) is 4.95. The normalized spacial score (nSPS) is 28.7. The van der Waals surface area contributed by atoms with Crippen LogP contribution >= 0.6 is 0 Å². The summed E-state index contributed by atoms with van der Waals surface area (Å²) >= 11 is 0. The van der Waals surface area contributed by atoms with Crippen LogP contribution in [-0.2, 0) is 4.74 Å². The maximum Gasteiger partial charge on any atom is 0.0892 e. The maximum absolute atomic E-state index is 9.10. The molecule has 2 atom stereocenters. The van der Waals surface area contributed by atoms with Gasteiger partial charge in [-0.1, -0.05) is 11.6 Å². The molecular weight excluding hydrogens is 164 g/mol. The van der Waals surface area contributed by atoms with Crippen molar-refractivity contribution in [1.82, 2.24) is 0 Å². The van der Waals surface area contributed by atoms with E-state index in [4.69, 9.17) is 9.84 Å². The minimum Gasteiger partial charge on any atom is -0.389 e. The molecule has 1 saturated heterocycles. The minimum atomic E-state index is -0.326. The summed E-state index contributed by atoms with van der Waals surface area (Å²) in [5.41, 5.74) is 1.35. The van der Waals surface area contributed by atoms with Crippen LogP contribution in [0, 0.1) is 0 Å². The molecule has 1 N–H and O–H groups in total. The Morgan fingerprint density at radius 3 is 2.54 bits per heavy atom. The fourth-order valence-electron chi connectivity index (χ4n) is 1.59. The van der Waals surface area contributed by atoms with Crippen molar-refractivity contribution < 1.29 is 9.84 Å². The molecule has 0 amide bonds. The van der Waals surface area contributed by atoms with Crippen molar-refractivity contribution in [2.75, 3.05) is 0 Å². The van der Waals surface area contributed by atoms with Gasteiger partial charge in [0.1, 0.15) is 0 Å². The van der Waals surface area contributed by atoms with Crippen molar-refractivity contribution in [2.24, 2.45) is 0 Å². The average molecular weight is 184 g/mol. The molecule has 1 fully saturated rings. The second kappa shape index (κ2) is 3.81. The fourth-order valence-corrected chi connectivity index (χ4v) is 1.59. The maximum atomic E-state index is 9.10. The van der Waals surface area contributed by atoms with Crippen molar-refractivity contribution in [3.8, 4) is 0 Å². The number of epoxide rings is 1. The van der Waals surface area contributed by atoms with Crippen LogP contribution in [0.3, 0.4) is 0 Å². The average Bonchev–Trinajstić information content (AvgIpc) is 2.53. The zero-order valence-corrected chi connectivity index (χ0v) is 9.00. The van der Waals surface area contributed by atoms with E-state index in [1.165, 1.54) is 5.57 Å². The highest BCUT2D eigenvalue weighted by Crippen LogP contribution is 2.38. The number of aliphatic hydroxyl groups excluding tert-OH is 1. The topological polar surface area (TPSA) is 32.8 Å². The van der Waals surface area contributed by atoms with Gasteiger partial charge in [0.25, 0.3) is 0 Å². The number of rotatable bonds is 4. The molecule has 0 aromatic carbocycles. The third-order valence-electron chi connectivity index (χ3n) is 2.49. The van der Waals surface area contributed by atoms with Gasteiger partial charge in [-0.25, -0.2) is 0 Å². The van der Waals surface area contributed by atoms with E-state index in [-0.39, 0.29) is 11.7 Å². The van der Waals surface area contributed by atoms with Crippen LogP contribution in [0.1, 0.15) is 40.5 Å². The highest BCUT2D eigenvalue weighted by molar-refractivity contribution is 5.04. The molecular formula is C11H20O2. The number of aliphatic hydroxyl groups is 1. The first kappa shape index (κ1) is 10.7. The third kappa shape index (κ3) is 3.49. The van der Waals surface area contributed by atoms with E-state index in [2.05, 4.69) is 20.8 Å². The van der Waals surface area contributed by atoms with E-state index >= 15 is 0 Å². The molecule has 2 nitrogen and oxygen atoms in total. The molecule has 2 heteroatoms. The van der Waals surface area contributed by atoms with E-state index in [1.54, 1.807) is 6.92 Å². The van der Waals surface area contributed by atoms with E-state index in [9.17, 15) is 0 Å². The van der Waals surface area contributed by atoms with Gasteiger partial charge < -0.3 is 9.84 Å². The molecule has 0 aromatic rings. The van der Waals surface area contributed by atoms with E-state index < -0.39 is 0 Å². The summed E-state index contributed by atoms with van der Waals surface area (Å²) in [6, 6.07) is 0. The molecule has 0 aromatic heterocycles. The van der Waals surface area contributed by atoms with Gasteiger partial charge in [0.05, 0.1) is 17.8 Å². The molecule has 0 radical (unpaired) electrons. The van der Waals surface area contributed by atoms with Gasteiger partial charge in [0.15, 0.2) is 0 Å². The Morgan fingerprint density at radius 2 is 2.15 bits per heavy atom. The highest BCUT2D eigenvalue weighted by Gasteiger charge is 2.46. The van der Waals surface area contributed by atoms with Crippen molar-refractivity contribution in [1.29, 1.82) is 0 Å². The molecule has 13 heavy (non-hydrogen) atoms. The number of allylic oxidation sites excluding steroid dienone is 1. The van der Waals surface area contributed by atoms with Gasteiger partial charge in [0.2, 0.25) is 0 Å². The van der Waals surface area contributed by atoms with Crippen LogP contribution in [0.5, 0.6) is 0 Å². The van der Waals surface area contributed by atoms with Gasteiger partial charge >= 0.3 is 0 Å². The van der Waals surface area contributed by atoms with Crippen LogP contribution in [0.4, 0.5) is 0 Å². The molecule has 76 valence electrons. The monoisotopic (exact) mass is 184 g/mol. The van der Waals surface area contributed by atoms with Crippen molar-refractivity contribution in [2.45, 2.75) is 58.3 Å². The largest absolute Gasteiger partial charge is 0.389 e. The summed E-state index contributed by atoms with van der Waals surface area (Å²) in [6.45, 7) is 8.07. The van der Waals surface area contributed by atoms with Crippen molar-refractivity contribution in [3.63, 3.8) is 0 Å². The molecule has 0 bridgehead atoms. The number of hydrogen-bond donors (Lipinski definition) is 1. The van der Waals surface area contributed by atoms with Gasteiger partial charge in [-0.05, 0) is 40.5 Å². The predicted molar refractivity (Wildman–Crippen MR) is 53.6 cm³/mol. The quantitative estimate of drug-likeness (QED) is 0.537. The molecule has 1 heterocycles. The zero-order chi connectivity index (χ0) is 10.1. The SMILES string of the molecule is C/C(=C\C(C)O)CCC1OC1(C)C. The zero-order valence-electron chi connectivity index (χ0n) is 9.00. The van der Waals surface area contributed by atoms with Crippen LogP contribution in [0.15, 0.2) is 11.6 Å². The molecule has 0 saturated carbocycles. The lowest BCUT2D eigenvalue weighted by molar-refractivity contribution is 0.242. The number of hydrogen-bond acceptors (Lipinski definition) is 2. The minimum absolute atomic E-state index is 0.102.